The van der Waals surface area contributed by atoms with Crippen molar-refractivity contribution < 1.29 is 5.11 Å². The van der Waals surface area contributed by atoms with Crippen LogP contribution in [0.2, 0.25) is 0 Å². The fraction of sp³-hybridized carbons (Fsp3) is 0.429. The maximum absolute atomic E-state index is 10.1. The quantitative estimate of drug-likeness (QED) is 0.840. The highest BCUT2D eigenvalue weighted by Crippen LogP contribution is 2.32. The van der Waals surface area contributed by atoms with Gasteiger partial charge in [-0.25, -0.2) is 0 Å². The molecule has 0 aliphatic carbocycles. The molecule has 1 heterocycles. The first-order valence-electron chi connectivity index (χ1n) is 5.74. The van der Waals surface area contributed by atoms with Gasteiger partial charge in [0, 0.05) is 9.58 Å². The van der Waals surface area contributed by atoms with Gasteiger partial charge in [-0.3, -0.25) is 0 Å². The summed E-state index contributed by atoms with van der Waals surface area (Å²) in [6.45, 7) is 6.38. The van der Waals surface area contributed by atoms with Crippen molar-refractivity contribution in [3.05, 3.63) is 34.7 Å². The molecule has 1 aromatic heterocycles. The number of rotatable bonds is 3. The van der Waals surface area contributed by atoms with Crippen molar-refractivity contribution in [1.82, 2.24) is 0 Å². The Bertz CT molecular complexity index is 484. The number of thiophene rings is 1. The molecule has 0 amide bonds. The fourth-order valence-electron chi connectivity index (χ4n) is 1.91. The van der Waals surface area contributed by atoms with E-state index in [9.17, 15) is 5.11 Å². The first kappa shape index (κ1) is 11.6. The monoisotopic (exact) mass is 234 g/mol. The predicted molar refractivity (Wildman–Crippen MR) is 71.0 cm³/mol. The van der Waals surface area contributed by atoms with Gasteiger partial charge in [-0.15, -0.1) is 11.3 Å². The molecule has 1 aromatic carbocycles. The molecule has 2 rings (SSSR count). The molecule has 1 nitrogen and oxygen atoms in total. The molecule has 1 unspecified atom stereocenters. The van der Waals surface area contributed by atoms with E-state index in [0.29, 0.717) is 5.92 Å². The highest BCUT2D eigenvalue weighted by molar-refractivity contribution is 7.19. The van der Waals surface area contributed by atoms with Crippen LogP contribution in [0.15, 0.2) is 24.3 Å². The molecule has 1 N–H and O–H groups in total. The summed E-state index contributed by atoms with van der Waals surface area (Å²) in [5, 5.41) is 11.3. The van der Waals surface area contributed by atoms with Crippen molar-refractivity contribution in [1.29, 1.82) is 0 Å². The Hall–Kier alpha value is -0.860. The number of aliphatic hydroxyl groups is 1. The number of aliphatic hydroxyl groups excluding tert-OH is 1. The highest BCUT2D eigenvalue weighted by atomic mass is 32.1. The molecule has 0 spiro atoms. The summed E-state index contributed by atoms with van der Waals surface area (Å²) in [6.07, 6.45) is 0.531. The lowest BCUT2D eigenvalue weighted by atomic mass is 10.0. The van der Waals surface area contributed by atoms with Gasteiger partial charge in [0.15, 0.2) is 0 Å². The van der Waals surface area contributed by atoms with Gasteiger partial charge in [0.25, 0.3) is 0 Å². The second kappa shape index (κ2) is 4.56. The summed E-state index contributed by atoms with van der Waals surface area (Å²) in [4.78, 5) is 1.09. The smallest absolute Gasteiger partial charge is 0.0884 e. The number of hydrogen-bond donors (Lipinski definition) is 1. The number of aryl methyl sites for hydroxylation is 1. The van der Waals surface area contributed by atoms with E-state index in [1.807, 2.05) is 0 Å². The van der Waals surface area contributed by atoms with Crippen LogP contribution >= 0.6 is 11.3 Å². The number of fused-ring (bicyclic) bond motifs is 1. The maximum Gasteiger partial charge on any atom is 0.0884 e. The summed E-state index contributed by atoms with van der Waals surface area (Å²) in [7, 11) is 0. The molecule has 86 valence electrons. The highest BCUT2D eigenvalue weighted by Gasteiger charge is 2.12. The largest absolute Gasteiger partial charge is 0.388 e. The van der Waals surface area contributed by atoms with Gasteiger partial charge >= 0.3 is 0 Å². The third-order valence-corrected chi connectivity index (χ3v) is 3.93. The van der Waals surface area contributed by atoms with Crippen LogP contribution in [-0.2, 0) is 0 Å². The van der Waals surface area contributed by atoms with Gasteiger partial charge in [0.1, 0.15) is 0 Å². The van der Waals surface area contributed by atoms with E-state index in [-0.39, 0.29) is 6.10 Å². The molecule has 0 aliphatic heterocycles. The molecule has 0 fully saturated rings. The first-order valence-corrected chi connectivity index (χ1v) is 6.56. The standard InChI is InChI=1S/C14H18OS/c1-9(2)6-12(15)14-8-11-7-10(3)4-5-13(11)16-14/h4-5,7-9,12,15H,6H2,1-3H3. The molecule has 0 radical (unpaired) electrons. The van der Waals surface area contributed by atoms with Gasteiger partial charge < -0.3 is 5.11 Å². The Labute approximate surface area is 101 Å². The Morgan fingerprint density at radius 2 is 2.00 bits per heavy atom. The Morgan fingerprint density at radius 1 is 1.25 bits per heavy atom. The van der Waals surface area contributed by atoms with Crippen LogP contribution in [0.3, 0.4) is 0 Å². The summed E-state index contributed by atoms with van der Waals surface area (Å²) < 4.78 is 1.27. The van der Waals surface area contributed by atoms with Crippen molar-refractivity contribution in [2.24, 2.45) is 5.92 Å². The Balaban J connectivity index is 2.32. The minimum Gasteiger partial charge on any atom is -0.388 e. The van der Waals surface area contributed by atoms with Crippen molar-refractivity contribution >= 4 is 21.4 Å². The molecular weight excluding hydrogens is 216 g/mol. The zero-order valence-electron chi connectivity index (χ0n) is 10.0. The Morgan fingerprint density at radius 3 is 2.69 bits per heavy atom. The fourth-order valence-corrected chi connectivity index (χ4v) is 2.95. The summed E-state index contributed by atoms with van der Waals surface area (Å²) in [6, 6.07) is 8.57. The van der Waals surface area contributed by atoms with Crippen molar-refractivity contribution in [3.63, 3.8) is 0 Å². The van der Waals surface area contributed by atoms with E-state index in [1.165, 1.54) is 15.6 Å². The maximum atomic E-state index is 10.1. The molecule has 2 aromatic rings. The van der Waals surface area contributed by atoms with E-state index in [0.717, 1.165) is 11.3 Å². The SMILES string of the molecule is Cc1ccc2sc(C(O)CC(C)C)cc2c1. The zero-order valence-corrected chi connectivity index (χ0v) is 10.8. The van der Waals surface area contributed by atoms with E-state index in [1.54, 1.807) is 11.3 Å². The van der Waals surface area contributed by atoms with Gasteiger partial charge in [0.2, 0.25) is 0 Å². The first-order chi connectivity index (χ1) is 7.56. The van der Waals surface area contributed by atoms with E-state index in [4.69, 9.17) is 0 Å². The average molecular weight is 234 g/mol. The third-order valence-electron chi connectivity index (χ3n) is 2.71. The van der Waals surface area contributed by atoms with E-state index in [2.05, 4.69) is 45.0 Å². The number of hydrogen-bond acceptors (Lipinski definition) is 2. The van der Waals surface area contributed by atoms with Crippen LogP contribution in [-0.4, -0.2) is 5.11 Å². The normalized spacial score (nSPS) is 13.6. The molecule has 16 heavy (non-hydrogen) atoms. The van der Waals surface area contributed by atoms with Crippen molar-refractivity contribution in [2.45, 2.75) is 33.3 Å². The molecule has 0 aliphatic rings. The second-order valence-corrected chi connectivity index (χ2v) is 5.95. The van der Waals surface area contributed by atoms with Crippen LogP contribution in [0.1, 0.15) is 36.8 Å². The zero-order chi connectivity index (χ0) is 11.7. The van der Waals surface area contributed by atoms with Crippen LogP contribution in [0.5, 0.6) is 0 Å². The lowest BCUT2D eigenvalue weighted by molar-refractivity contribution is 0.154. The van der Waals surface area contributed by atoms with Crippen LogP contribution in [0.4, 0.5) is 0 Å². The summed E-state index contributed by atoms with van der Waals surface area (Å²) in [5.74, 6) is 0.530. The van der Waals surface area contributed by atoms with Crippen LogP contribution in [0.25, 0.3) is 10.1 Å². The van der Waals surface area contributed by atoms with Gasteiger partial charge in [-0.05, 0) is 36.8 Å². The van der Waals surface area contributed by atoms with Crippen LogP contribution in [0, 0.1) is 12.8 Å². The van der Waals surface area contributed by atoms with Gasteiger partial charge in [0.05, 0.1) is 6.10 Å². The topological polar surface area (TPSA) is 20.2 Å². The van der Waals surface area contributed by atoms with E-state index >= 15 is 0 Å². The third kappa shape index (κ3) is 2.45. The number of benzene rings is 1. The summed E-state index contributed by atoms with van der Waals surface area (Å²) in [5.41, 5.74) is 1.27. The minimum atomic E-state index is -0.308. The molecule has 0 saturated carbocycles. The predicted octanol–water partition coefficient (Wildman–Crippen LogP) is 4.29. The van der Waals surface area contributed by atoms with Crippen LogP contribution < -0.4 is 0 Å². The second-order valence-electron chi connectivity index (χ2n) is 4.84. The molecule has 2 heteroatoms. The summed E-state index contributed by atoms with van der Waals surface area (Å²) >= 11 is 1.71. The van der Waals surface area contributed by atoms with Crippen molar-refractivity contribution in [2.75, 3.05) is 0 Å². The van der Waals surface area contributed by atoms with Gasteiger partial charge in [-0.2, -0.15) is 0 Å². The van der Waals surface area contributed by atoms with E-state index < -0.39 is 0 Å². The van der Waals surface area contributed by atoms with Crippen molar-refractivity contribution in [3.8, 4) is 0 Å². The minimum absolute atomic E-state index is 0.308. The molecular formula is C14H18OS. The molecule has 1 atom stereocenters. The average Bonchev–Trinajstić information content (AvgIpc) is 2.59. The lowest BCUT2D eigenvalue weighted by Crippen LogP contribution is -1.99. The van der Waals surface area contributed by atoms with Gasteiger partial charge in [-0.1, -0.05) is 31.5 Å². The lowest BCUT2D eigenvalue weighted by Gasteiger charge is -2.10. The Kier molecular flexibility index (Phi) is 3.31. The molecule has 0 bridgehead atoms. The molecule has 0 saturated heterocycles.